The number of rotatable bonds is 6. The van der Waals surface area contributed by atoms with Crippen molar-refractivity contribution in [1.82, 2.24) is 4.31 Å². The van der Waals surface area contributed by atoms with Crippen molar-refractivity contribution < 1.29 is 22.7 Å². The van der Waals surface area contributed by atoms with Crippen LogP contribution in [-0.2, 0) is 14.8 Å². The Morgan fingerprint density at radius 2 is 1.73 bits per heavy atom. The van der Waals surface area contributed by atoms with Gasteiger partial charge in [-0.1, -0.05) is 23.2 Å². The summed E-state index contributed by atoms with van der Waals surface area (Å²) < 4.78 is 37.6. The summed E-state index contributed by atoms with van der Waals surface area (Å²) in [5.41, 5.74) is 0.372. The third-order valence-electron chi connectivity index (χ3n) is 4.94. The fourth-order valence-electron chi connectivity index (χ4n) is 3.32. The molecule has 3 rings (SSSR count). The van der Waals surface area contributed by atoms with Gasteiger partial charge in [-0.25, -0.2) is 8.42 Å². The minimum absolute atomic E-state index is 0.0850. The highest BCUT2D eigenvalue weighted by atomic mass is 35.5. The molecule has 0 spiro atoms. The van der Waals surface area contributed by atoms with Gasteiger partial charge in [0, 0.05) is 30.2 Å². The summed E-state index contributed by atoms with van der Waals surface area (Å²) in [6, 6.07) is 9.11. The molecule has 1 saturated heterocycles. The molecule has 1 unspecified atom stereocenters. The number of carbonyl (C=O) groups excluding carboxylic acids is 1. The van der Waals surface area contributed by atoms with Gasteiger partial charge in [-0.2, -0.15) is 4.31 Å². The maximum Gasteiger partial charge on any atom is 0.243 e. The van der Waals surface area contributed by atoms with Crippen molar-refractivity contribution >= 4 is 44.8 Å². The fraction of sp³-hybridized carbons (Fsp3) is 0.350. The minimum Gasteiger partial charge on any atom is -0.493 e. The molecule has 0 saturated carbocycles. The van der Waals surface area contributed by atoms with Gasteiger partial charge in [0.1, 0.15) is 0 Å². The molecule has 7 nitrogen and oxygen atoms in total. The summed E-state index contributed by atoms with van der Waals surface area (Å²) in [5, 5.41) is 3.53. The lowest BCUT2D eigenvalue weighted by Crippen LogP contribution is -2.43. The monoisotopic (exact) mass is 472 g/mol. The van der Waals surface area contributed by atoms with Crippen molar-refractivity contribution in [2.24, 2.45) is 5.92 Å². The molecule has 2 aromatic rings. The van der Waals surface area contributed by atoms with E-state index in [1.807, 2.05) is 0 Å². The van der Waals surface area contributed by atoms with E-state index < -0.39 is 15.9 Å². The summed E-state index contributed by atoms with van der Waals surface area (Å²) in [7, 11) is -0.739. The summed E-state index contributed by atoms with van der Waals surface area (Å²) in [5.74, 6) is 0.0521. The van der Waals surface area contributed by atoms with Gasteiger partial charge in [-0.15, -0.1) is 0 Å². The third kappa shape index (κ3) is 4.83. The van der Waals surface area contributed by atoms with Crippen LogP contribution in [0.5, 0.6) is 11.5 Å². The Hall–Kier alpha value is -2.00. The number of anilines is 1. The molecule has 0 aliphatic carbocycles. The van der Waals surface area contributed by atoms with Crippen LogP contribution in [-0.4, -0.2) is 45.9 Å². The molecule has 0 bridgehead atoms. The lowest BCUT2D eigenvalue weighted by Gasteiger charge is -2.31. The van der Waals surface area contributed by atoms with E-state index >= 15 is 0 Å². The van der Waals surface area contributed by atoms with Crippen molar-refractivity contribution in [3.05, 3.63) is 46.4 Å². The van der Waals surface area contributed by atoms with Crippen LogP contribution in [0, 0.1) is 5.92 Å². The fourth-order valence-corrected chi connectivity index (χ4v) is 5.17. The first-order valence-electron chi connectivity index (χ1n) is 9.24. The number of piperidine rings is 1. The van der Waals surface area contributed by atoms with Crippen LogP contribution in [0.25, 0.3) is 0 Å². The van der Waals surface area contributed by atoms with Crippen LogP contribution in [0.3, 0.4) is 0 Å². The van der Waals surface area contributed by atoms with Gasteiger partial charge in [0.2, 0.25) is 15.9 Å². The average molecular weight is 473 g/mol. The maximum absolute atomic E-state index is 12.9. The molecule has 2 aromatic carbocycles. The summed E-state index contributed by atoms with van der Waals surface area (Å²) in [6.07, 6.45) is 1.15. The molecule has 0 radical (unpaired) electrons. The highest BCUT2D eigenvalue weighted by Crippen LogP contribution is 2.36. The first-order chi connectivity index (χ1) is 14.3. The van der Waals surface area contributed by atoms with E-state index in [-0.39, 0.29) is 17.3 Å². The molecule has 1 heterocycles. The molecule has 1 atom stereocenters. The number of ether oxygens (including phenoxy) is 2. The van der Waals surface area contributed by atoms with E-state index in [0.717, 1.165) is 0 Å². The minimum atomic E-state index is -3.71. The van der Waals surface area contributed by atoms with E-state index in [4.69, 9.17) is 32.7 Å². The predicted molar refractivity (Wildman–Crippen MR) is 116 cm³/mol. The number of sulfonamides is 1. The number of hydrogen-bond donors (Lipinski definition) is 1. The largest absolute Gasteiger partial charge is 0.493 e. The van der Waals surface area contributed by atoms with Gasteiger partial charge in [0.25, 0.3) is 0 Å². The van der Waals surface area contributed by atoms with Gasteiger partial charge < -0.3 is 14.8 Å². The van der Waals surface area contributed by atoms with Crippen LogP contribution >= 0.6 is 23.2 Å². The van der Waals surface area contributed by atoms with Gasteiger partial charge in [0.15, 0.2) is 11.5 Å². The Bertz CT molecular complexity index is 1030. The van der Waals surface area contributed by atoms with Crippen molar-refractivity contribution in [3.8, 4) is 11.5 Å². The van der Waals surface area contributed by atoms with Crippen LogP contribution < -0.4 is 14.8 Å². The average Bonchev–Trinajstić information content (AvgIpc) is 2.75. The van der Waals surface area contributed by atoms with E-state index in [9.17, 15) is 13.2 Å². The summed E-state index contributed by atoms with van der Waals surface area (Å²) in [4.78, 5) is 13.0. The van der Waals surface area contributed by atoms with Crippen molar-refractivity contribution in [2.45, 2.75) is 17.7 Å². The second-order valence-electron chi connectivity index (χ2n) is 6.83. The van der Waals surface area contributed by atoms with E-state index in [0.29, 0.717) is 46.6 Å². The van der Waals surface area contributed by atoms with E-state index in [2.05, 4.69) is 5.32 Å². The topological polar surface area (TPSA) is 84.9 Å². The van der Waals surface area contributed by atoms with Crippen LogP contribution in [0.4, 0.5) is 5.69 Å². The molecule has 10 heteroatoms. The number of carbonyl (C=O) groups is 1. The van der Waals surface area contributed by atoms with E-state index in [1.165, 1.54) is 42.8 Å². The van der Waals surface area contributed by atoms with Crippen LogP contribution in [0.15, 0.2) is 41.3 Å². The molecule has 1 aliphatic rings. The second kappa shape index (κ2) is 9.43. The first-order valence-corrected chi connectivity index (χ1v) is 11.4. The second-order valence-corrected chi connectivity index (χ2v) is 9.61. The van der Waals surface area contributed by atoms with Crippen LogP contribution in [0.1, 0.15) is 12.8 Å². The van der Waals surface area contributed by atoms with Crippen LogP contribution in [0.2, 0.25) is 10.0 Å². The Labute approximate surface area is 185 Å². The SMILES string of the molecule is COc1cc(Cl)c(NC(=O)C2CCCN(S(=O)(=O)c3ccc(Cl)cc3)C2)cc1OC. The number of benzene rings is 2. The van der Waals surface area contributed by atoms with Gasteiger partial charge >= 0.3 is 0 Å². The summed E-state index contributed by atoms with van der Waals surface area (Å²) in [6.45, 7) is 0.438. The normalized spacial score (nSPS) is 17.4. The number of amides is 1. The number of nitrogens with zero attached hydrogens (tertiary/aromatic N) is 1. The zero-order chi connectivity index (χ0) is 21.9. The highest BCUT2D eigenvalue weighted by Gasteiger charge is 2.33. The zero-order valence-corrected chi connectivity index (χ0v) is 18.9. The van der Waals surface area contributed by atoms with Crippen molar-refractivity contribution in [3.63, 3.8) is 0 Å². The molecular weight excluding hydrogens is 451 g/mol. The quantitative estimate of drug-likeness (QED) is 0.685. The highest BCUT2D eigenvalue weighted by molar-refractivity contribution is 7.89. The molecule has 1 aliphatic heterocycles. The molecule has 1 amide bonds. The number of hydrogen-bond acceptors (Lipinski definition) is 5. The molecule has 30 heavy (non-hydrogen) atoms. The third-order valence-corrected chi connectivity index (χ3v) is 7.38. The van der Waals surface area contributed by atoms with Gasteiger partial charge in [-0.3, -0.25) is 4.79 Å². The molecule has 162 valence electrons. The lowest BCUT2D eigenvalue weighted by molar-refractivity contribution is -0.120. The van der Waals surface area contributed by atoms with Crippen molar-refractivity contribution in [1.29, 1.82) is 0 Å². The first kappa shape index (κ1) is 22.7. The van der Waals surface area contributed by atoms with Crippen molar-refractivity contribution in [2.75, 3.05) is 32.6 Å². The molecular formula is C20H22Cl2N2O5S. The Morgan fingerprint density at radius 1 is 1.10 bits per heavy atom. The summed E-state index contributed by atoms with van der Waals surface area (Å²) >= 11 is 12.1. The predicted octanol–water partition coefficient (Wildman–Crippen LogP) is 4.05. The zero-order valence-electron chi connectivity index (χ0n) is 16.5. The standard InChI is InChI=1S/C20H22Cl2N2O5S/c1-28-18-10-16(22)17(11-19(18)29-2)23-20(25)13-4-3-9-24(12-13)30(26,27)15-7-5-14(21)6-8-15/h5-8,10-11,13H,3-4,9,12H2,1-2H3,(H,23,25). The Kier molecular flexibility index (Phi) is 7.13. The molecule has 1 fully saturated rings. The lowest BCUT2D eigenvalue weighted by atomic mass is 9.98. The number of nitrogens with one attached hydrogen (secondary N) is 1. The molecule has 1 N–H and O–H groups in total. The smallest absolute Gasteiger partial charge is 0.243 e. The number of halogens is 2. The number of methoxy groups -OCH3 is 2. The van der Waals surface area contributed by atoms with Gasteiger partial charge in [0.05, 0.1) is 35.7 Å². The Balaban J connectivity index is 1.75. The molecule has 0 aromatic heterocycles. The van der Waals surface area contributed by atoms with E-state index in [1.54, 1.807) is 12.1 Å². The van der Waals surface area contributed by atoms with Gasteiger partial charge in [-0.05, 0) is 37.1 Å². The Morgan fingerprint density at radius 3 is 2.37 bits per heavy atom. The maximum atomic E-state index is 12.9.